The number of nitrogens with zero attached hydrogens (tertiary/aromatic N) is 3. The third kappa shape index (κ3) is 3.90. The lowest BCUT2D eigenvalue weighted by Gasteiger charge is -2.37. The smallest absolute Gasteiger partial charge is 0.320 e. The molecular weight excluding hydrogens is 328 g/mol. The van der Waals surface area contributed by atoms with Crippen LogP contribution in [0.5, 0.6) is 0 Å². The fourth-order valence-corrected chi connectivity index (χ4v) is 3.51. The van der Waals surface area contributed by atoms with Gasteiger partial charge >= 0.3 is 6.03 Å². The first-order valence-corrected chi connectivity index (χ1v) is 9.40. The molecule has 0 unspecified atom stereocenters. The molecule has 2 amide bonds. The van der Waals surface area contributed by atoms with Gasteiger partial charge in [-0.05, 0) is 43.9 Å². The molecule has 1 aliphatic heterocycles. The van der Waals surface area contributed by atoms with Crippen molar-refractivity contribution in [1.29, 1.82) is 0 Å². The maximum Gasteiger partial charge on any atom is 0.320 e. The third-order valence-corrected chi connectivity index (χ3v) is 5.15. The Bertz CT molecular complexity index is 833. The zero-order valence-corrected chi connectivity index (χ0v) is 15.9. The molecule has 1 N–H and O–H groups in total. The molecule has 0 atom stereocenters. The number of nitrogens with one attached hydrogen (secondary N) is 1. The summed E-state index contributed by atoms with van der Waals surface area (Å²) in [6.07, 6.45) is 0. The Labute approximate surface area is 154 Å². The second kappa shape index (κ2) is 7.91. The number of carbonyl (C=O) groups is 1. The molecule has 6 heteroatoms. The van der Waals surface area contributed by atoms with Gasteiger partial charge in [-0.3, -0.25) is 9.69 Å². The van der Waals surface area contributed by atoms with Crippen LogP contribution in [0.25, 0.3) is 10.9 Å². The molecule has 0 spiro atoms. The van der Waals surface area contributed by atoms with E-state index < -0.39 is 0 Å². The lowest BCUT2D eigenvalue weighted by molar-refractivity contribution is 0.112. The second-order valence-electron chi connectivity index (χ2n) is 6.93. The van der Waals surface area contributed by atoms with Gasteiger partial charge in [0, 0.05) is 56.9 Å². The number of hydrogen-bond acceptors (Lipinski definition) is 3. The zero-order chi connectivity index (χ0) is 18.7. The minimum Gasteiger partial charge on any atom is -0.325 e. The van der Waals surface area contributed by atoms with Gasteiger partial charge in [0.05, 0.1) is 0 Å². The summed E-state index contributed by atoms with van der Waals surface area (Å²) in [6.45, 7) is 11.1. The molecule has 26 heavy (non-hydrogen) atoms. The van der Waals surface area contributed by atoms with Crippen LogP contribution in [0.4, 0.5) is 4.79 Å². The Morgan fingerprint density at radius 2 is 1.81 bits per heavy atom. The molecular formula is C20H28N4O2. The molecule has 140 valence electrons. The Kier molecular flexibility index (Phi) is 5.61. The summed E-state index contributed by atoms with van der Waals surface area (Å²) in [6, 6.07) is 8.21. The van der Waals surface area contributed by atoms with Crippen molar-refractivity contribution in [1.82, 2.24) is 19.7 Å². The van der Waals surface area contributed by atoms with Crippen LogP contribution in [-0.2, 0) is 6.54 Å². The maximum atomic E-state index is 12.4. The van der Waals surface area contributed by atoms with Crippen LogP contribution in [-0.4, -0.2) is 65.0 Å². The van der Waals surface area contributed by atoms with Crippen LogP contribution >= 0.6 is 0 Å². The third-order valence-electron chi connectivity index (χ3n) is 5.15. The van der Waals surface area contributed by atoms with Gasteiger partial charge in [-0.15, -0.1) is 0 Å². The van der Waals surface area contributed by atoms with Gasteiger partial charge in [0.25, 0.3) is 5.56 Å². The molecule has 6 nitrogen and oxygen atoms in total. The van der Waals surface area contributed by atoms with E-state index in [9.17, 15) is 9.59 Å². The standard InChI is InChI=1S/C20H28N4O2/c1-4-23(5-2)20(26)24-10-8-22(9-11-24)14-17-13-16-7-6-15(3)12-18(16)21-19(17)25/h6-7,12-13H,4-5,8-11,14H2,1-3H3,(H,21,25). The largest absolute Gasteiger partial charge is 0.325 e. The number of urea groups is 1. The number of pyridine rings is 1. The van der Waals surface area contributed by atoms with E-state index in [0.717, 1.165) is 48.2 Å². The molecule has 2 heterocycles. The average molecular weight is 356 g/mol. The van der Waals surface area contributed by atoms with Crippen molar-refractivity contribution < 1.29 is 4.79 Å². The van der Waals surface area contributed by atoms with Crippen LogP contribution in [0.15, 0.2) is 29.1 Å². The molecule has 1 fully saturated rings. The fraction of sp³-hybridized carbons (Fsp3) is 0.500. The number of H-pyrrole nitrogens is 1. The van der Waals surface area contributed by atoms with Crippen LogP contribution in [0.3, 0.4) is 0 Å². The Hall–Kier alpha value is -2.34. The quantitative estimate of drug-likeness (QED) is 0.915. The van der Waals surface area contributed by atoms with Gasteiger partial charge in [-0.2, -0.15) is 0 Å². The number of fused-ring (bicyclic) bond motifs is 1. The highest BCUT2D eigenvalue weighted by Crippen LogP contribution is 2.15. The Morgan fingerprint density at radius 3 is 2.46 bits per heavy atom. The summed E-state index contributed by atoms with van der Waals surface area (Å²) in [7, 11) is 0. The maximum absolute atomic E-state index is 12.4. The van der Waals surface area contributed by atoms with Gasteiger partial charge in [0.15, 0.2) is 0 Å². The topological polar surface area (TPSA) is 59.7 Å². The van der Waals surface area contributed by atoms with E-state index in [0.29, 0.717) is 19.6 Å². The number of aromatic amines is 1. The summed E-state index contributed by atoms with van der Waals surface area (Å²) < 4.78 is 0. The highest BCUT2D eigenvalue weighted by Gasteiger charge is 2.24. The van der Waals surface area contributed by atoms with Crippen LogP contribution in [0.2, 0.25) is 0 Å². The first-order valence-electron chi connectivity index (χ1n) is 9.40. The molecule has 0 aliphatic carbocycles. The number of aryl methyl sites for hydroxylation is 1. The van der Waals surface area contributed by atoms with Crippen molar-refractivity contribution >= 4 is 16.9 Å². The van der Waals surface area contributed by atoms with Crippen molar-refractivity contribution in [3.8, 4) is 0 Å². The van der Waals surface area contributed by atoms with E-state index in [1.54, 1.807) is 0 Å². The molecule has 3 rings (SSSR count). The summed E-state index contributed by atoms with van der Waals surface area (Å²) in [5.74, 6) is 0. The van der Waals surface area contributed by atoms with Crippen molar-refractivity contribution in [3.63, 3.8) is 0 Å². The summed E-state index contributed by atoms with van der Waals surface area (Å²) in [5, 5.41) is 1.06. The normalized spacial score (nSPS) is 15.4. The summed E-state index contributed by atoms with van der Waals surface area (Å²) in [5.41, 5.74) is 2.78. The van der Waals surface area contributed by atoms with E-state index in [4.69, 9.17) is 0 Å². The minimum atomic E-state index is -0.0234. The van der Waals surface area contributed by atoms with Gasteiger partial charge in [0.2, 0.25) is 0 Å². The predicted octanol–water partition coefficient (Wildman–Crippen LogP) is 2.42. The van der Waals surface area contributed by atoms with E-state index in [1.807, 2.05) is 48.8 Å². The minimum absolute atomic E-state index is 0.0234. The Balaban J connectivity index is 1.65. The van der Waals surface area contributed by atoms with Crippen LogP contribution in [0.1, 0.15) is 25.0 Å². The van der Waals surface area contributed by atoms with Crippen molar-refractivity contribution in [2.75, 3.05) is 39.3 Å². The highest BCUT2D eigenvalue weighted by molar-refractivity contribution is 5.79. The lowest BCUT2D eigenvalue weighted by Crippen LogP contribution is -2.52. The molecule has 1 aromatic heterocycles. The summed E-state index contributed by atoms with van der Waals surface area (Å²) >= 11 is 0. The molecule has 0 saturated carbocycles. The van der Waals surface area contributed by atoms with E-state index >= 15 is 0 Å². The molecule has 1 saturated heterocycles. The number of aromatic nitrogens is 1. The molecule has 0 bridgehead atoms. The fourth-order valence-electron chi connectivity index (χ4n) is 3.51. The predicted molar refractivity (Wildman–Crippen MR) is 104 cm³/mol. The molecule has 1 aliphatic rings. The number of hydrogen-bond donors (Lipinski definition) is 1. The second-order valence-corrected chi connectivity index (χ2v) is 6.93. The molecule has 2 aromatic rings. The van der Waals surface area contributed by atoms with Crippen LogP contribution < -0.4 is 5.56 Å². The van der Waals surface area contributed by atoms with Crippen molar-refractivity contribution in [2.45, 2.75) is 27.3 Å². The Morgan fingerprint density at radius 1 is 1.12 bits per heavy atom. The monoisotopic (exact) mass is 356 g/mol. The van der Waals surface area contributed by atoms with Gasteiger partial charge in [-0.1, -0.05) is 12.1 Å². The lowest BCUT2D eigenvalue weighted by atomic mass is 10.1. The number of amides is 2. The molecule has 1 aromatic carbocycles. The summed E-state index contributed by atoms with van der Waals surface area (Å²) in [4.78, 5) is 33.8. The SMILES string of the molecule is CCN(CC)C(=O)N1CCN(Cc2cc3ccc(C)cc3[nH]c2=O)CC1. The first kappa shape index (κ1) is 18.5. The molecule has 0 radical (unpaired) electrons. The van der Waals surface area contributed by atoms with Gasteiger partial charge in [-0.25, -0.2) is 4.79 Å². The number of piperazine rings is 1. The van der Waals surface area contributed by atoms with Gasteiger partial charge < -0.3 is 14.8 Å². The van der Waals surface area contributed by atoms with E-state index in [2.05, 4.69) is 16.0 Å². The van der Waals surface area contributed by atoms with Crippen molar-refractivity contribution in [3.05, 3.63) is 45.7 Å². The van der Waals surface area contributed by atoms with Crippen LogP contribution in [0, 0.1) is 6.92 Å². The van der Waals surface area contributed by atoms with E-state index in [1.165, 1.54) is 0 Å². The number of rotatable bonds is 4. The average Bonchev–Trinajstić information content (AvgIpc) is 2.64. The van der Waals surface area contributed by atoms with Crippen molar-refractivity contribution in [2.24, 2.45) is 0 Å². The van der Waals surface area contributed by atoms with E-state index in [-0.39, 0.29) is 11.6 Å². The number of benzene rings is 1. The first-order chi connectivity index (χ1) is 12.5. The highest BCUT2D eigenvalue weighted by atomic mass is 16.2. The number of carbonyl (C=O) groups excluding carboxylic acids is 1. The van der Waals surface area contributed by atoms with Gasteiger partial charge in [0.1, 0.15) is 0 Å². The zero-order valence-electron chi connectivity index (χ0n) is 15.9.